The first kappa shape index (κ1) is 20.5. The van der Waals surface area contributed by atoms with Crippen LogP contribution in [0.25, 0.3) is 0 Å². The van der Waals surface area contributed by atoms with Gasteiger partial charge in [-0.1, -0.05) is 52.1 Å². The Labute approximate surface area is 158 Å². The molecule has 0 amide bonds. The second kappa shape index (κ2) is 9.25. The molecule has 1 fully saturated rings. The first-order chi connectivity index (χ1) is 11.8. The average Bonchev–Trinajstić information content (AvgIpc) is 2.56. The van der Waals surface area contributed by atoms with Gasteiger partial charge in [-0.25, -0.2) is 0 Å². The zero-order chi connectivity index (χ0) is 18.6. The molecule has 142 valence electrons. The first-order valence-electron chi connectivity index (χ1n) is 9.63. The van der Waals surface area contributed by atoms with E-state index in [1.807, 2.05) is 19.1 Å². The van der Waals surface area contributed by atoms with Crippen LogP contribution in [0.5, 0.6) is 5.75 Å². The minimum Gasteiger partial charge on any atom is -0.491 e. The van der Waals surface area contributed by atoms with Gasteiger partial charge in [0.05, 0.1) is 0 Å². The molecule has 1 aliphatic rings. The Morgan fingerprint density at radius 3 is 2.68 bits per heavy atom. The lowest BCUT2D eigenvalue weighted by Gasteiger charge is -2.35. The molecule has 3 nitrogen and oxygen atoms in total. The summed E-state index contributed by atoms with van der Waals surface area (Å²) in [5.74, 6) is 2.57. The zero-order valence-corrected chi connectivity index (χ0v) is 17.1. The van der Waals surface area contributed by atoms with Crippen molar-refractivity contribution in [1.82, 2.24) is 5.32 Å². The standard InChI is InChI=1S/C21H34ClNO2/c1-13(2)18-10-19(22)15(4)9-21(18)25-12-17(24)11-23-20-8-6-7-14(3)16(20)5/h9-10,13-14,16-17,20,23-24H,6-8,11-12H2,1-5H3/t14-,16-,17+,20-/m0/s1. The normalized spacial score (nSPS) is 25.2. The fourth-order valence-corrected chi connectivity index (χ4v) is 3.82. The van der Waals surface area contributed by atoms with Crippen molar-refractivity contribution >= 4 is 11.6 Å². The molecule has 0 heterocycles. The Kier molecular flexibility index (Phi) is 7.60. The van der Waals surface area contributed by atoms with Crippen LogP contribution in [0.3, 0.4) is 0 Å². The van der Waals surface area contributed by atoms with Crippen LogP contribution < -0.4 is 10.1 Å². The van der Waals surface area contributed by atoms with Crippen molar-refractivity contribution in [3.8, 4) is 5.75 Å². The number of nitrogens with one attached hydrogen (secondary N) is 1. The third kappa shape index (κ3) is 5.60. The predicted molar refractivity (Wildman–Crippen MR) is 106 cm³/mol. The molecule has 4 atom stereocenters. The molecule has 0 unspecified atom stereocenters. The third-order valence-corrected chi connectivity index (χ3v) is 6.07. The van der Waals surface area contributed by atoms with Crippen molar-refractivity contribution in [2.75, 3.05) is 13.2 Å². The minimum absolute atomic E-state index is 0.296. The topological polar surface area (TPSA) is 41.5 Å². The van der Waals surface area contributed by atoms with Gasteiger partial charge in [0, 0.05) is 17.6 Å². The number of aliphatic hydroxyl groups excluding tert-OH is 1. The van der Waals surface area contributed by atoms with Gasteiger partial charge in [0.15, 0.2) is 0 Å². The predicted octanol–water partition coefficient (Wildman–Crippen LogP) is 4.93. The van der Waals surface area contributed by atoms with E-state index in [0.717, 1.165) is 27.8 Å². The number of hydrogen-bond donors (Lipinski definition) is 2. The fraction of sp³-hybridized carbons (Fsp3) is 0.714. The first-order valence-corrected chi connectivity index (χ1v) is 10.0. The molecule has 2 N–H and O–H groups in total. The van der Waals surface area contributed by atoms with E-state index in [0.29, 0.717) is 31.0 Å². The summed E-state index contributed by atoms with van der Waals surface area (Å²) in [6.45, 7) is 11.7. The summed E-state index contributed by atoms with van der Waals surface area (Å²) in [5.41, 5.74) is 2.09. The van der Waals surface area contributed by atoms with E-state index in [1.54, 1.807) is 0 Å². The monoisotopic (exact) mass is 367 g/mol. The Morgan fingerprint density at radius 1 is 1.28 bits per heavy atom. The lowest BCUT2D eigenvalue weighted by molar-refractivity contribution is 0.0941. The molecule has 25 heavy (non-hydrogen) atoms. The van der Waals surface area contributed by atoms with E-state index < -0.39 is 6.10 Å². The molecule has 2 rings (SSSR count). The average molecular weight is 368 g/mol. The van der Waals surface area contributed by atoms with Gasteiger partial charge in [-0.05, 0) is 54.4 Å². The lowest BCUT2D eigenvalue weighted by Crippen LogP contribution is -2.44. The molecule has 0 aliphatic heterocycles. The Hall–Kier alpha value is -0.770. The number of aliphatic hydroxyl groups is 1. The summed E-state index contributed by atoms with van der Waals surface area (Å²) in [5, 5.41) is 14.6. The van der Waals surface area contributed by atoms with Crippen LogP contribution in [0.15, 0.2) is 12.1 Å². The quantitative estimate of drug-likeness (QED) is 0.718. The summed E-state index contributed by atoms with van der Waals surface area (Å²) >= 11 is 6.24. The Morgan fingerprint density at radius 2 is 2.00 bits per heavy atom. The fourth-order valence-electron chi connectivity index (χ4n) is 3.65. The summed E-state index contributed by atoms with van der Waals surface area (Å²) in [6.07, 6.45) is 3.28. The highest BCUT2D eigenvalue weighted by Gasteiger charge is 2.27. The van der Waals surface area contributed by atoms with E-state index in [2.05, 4.69) is 33.0 Å². The molecule has 0 radical (unpaired) electrons. The molecule has 1 aromatic carbocycles. The van der Waals surface area contributed by atoms with Gasteiger partial charge < -0.3 is 15.2 Å². The number of rotatable bonds is 7. The summed E-state index contributed by atoms with van der Waals surface area (Å²) in [4.78, 5) is 0. The van der Waals surface area contributed by atoms with Gasteiger partial charge in [-0.15, -0.1) is 0 Å². The highest BCUT2D eigenvalue weighted by atomic mass is 35.5. The second-order valence-electron chi connectivity index (χ2n) is 8.04. The van der Waals surface area contributed by atoms with E-state index >= 15 is 0 Å². The number of aryl methyl sites for hydroxylation is 1. The Balaban J connectivity index is 1.87. The molecule has 0 aromatic heterocycles. The highest BCUT2D eigenvalue weighted by molar-refractivity contribution is 6.31. The van der Waals surface area contributed by atoms with Gasteiger partial charge in [0.25, 0.3) is 0 Å². The molecule has 4 heteroatoms. The molecule has 1 aromatic rings. The maximum Gasteiger partial charge on any atom is 0.123 e. The summed E-state index contributed by atoms with van der Waals surface area (Å²) in [7, 11) is 0. The molecule has 1 aliphatic carbocycles. The van der Waals surface area contributed by atoms with Crippen LogP contribution in [0, 0.1) is 18.8 Å². The third-order valence-electron chi connectivity index (χ3n) is 5.67. The maximum atomic E-state index is 10.3. The summed E-state index contributed by atoms with van der Waals surface area (Å²) < 4.78 is 5.94. The van der Waals surface area contributed by atoms with E-state index in [4.69, 9.17) is 16.3 Å². The Bertz CT molecular complexity index is 561. The highest BCUT2D eigenvalue weighted by Crippen LogP contribution is 2.32. The second-order valence-corrected chi connectivity index (χ2v) is 8.45. The largest absolute Gasteiger partial charge is 0.491 e. The zero-order valence-electron chi connectivity index (χ0n) is 16.3. The van der Waals surface area contributed by atoms with Crippen molar-refractivity contribution in [3.63, 3.8) is 0 Å². The van der Waals surface area contributed by atoms with Crippen LogP contribution >= 0.6 is 11.6 Å². The van der Waals surface area contributed by atoms with E-state index in [1.165, 1.54) is 19.3 Å². The van der Waals surface area contributed by atoms with Gasteiger partial charge in [-0.2, -0.15) is 0 Å². The molecular weight excluding hydrogens is 334 g/mol. The van der Waals surface area contributed by atoms with Crippen molar-refractivity contribution in [2.24, 2.45) is 11.8 Å². The molecule has 0 spiro atoms. The van der Waals surface area contributed by atoms with Crippen molar-refractivity contribution < 1.29 is 9.84 Å². The van der Waals surface area contributed by atoms with Gasteiger partial charge in [-0.3, -0.25) is 0 Å². The number of hydrogen-bond acceptors (Lipinski definition) is 3. The van der Waals surface area contributed by atoms with Crippen LogP contribution in [0.1, 0.15) is 64.0 Å². The van der Waals surface area contributed by atoms with Crippen LogP contribution in [-0.4, -0.2) is 30.4 Å². The van der Waals surface area contributed by atoms with Crippen molar-refractivity contribution in [3.05, 3.63) is 28.3 Å². The van der Waals surface area contributed by atoms with Crippen molar-refractivity contribution in [1.29, 1.82) is 0 Å². The minimum atomic E-state index is -0.513. The molecule has 1 saturated carbocycles. The number of benzene rings is 1. The van der Waals surface area contributed by atoms with Crippen LogP contribution in [0.2, 0.25) is 5.02 Å². The number of ether oxygens (including phenoxy) is 1. The smallest absolute Gasteiger partial charge is 0.123 e. The van der Waals surface area contributed by atoms with Gasteiger partial charge in [0.1, 0.15) is 18.5 Å². The molecule has 0 bridgehead atoms. The van der Waals surface area contributed by atoms with E-state index in [9.17, 15) is 5.11 Å². The van der Waals surface area contributed by atoms with Crippen LogP contribution in [0.4, 0.5) is 0 Å². The molecule has 0 saturated heterocycles. The molecular formula is C21H34ClNO2. The number of halogens is 1. The van der Waals surface area contributed by atoms with Crippen LogP contribution in [-0.2, 0) is 0 Å². The van der Waals surface area contributed by atoms with E-state index in [-0.39, 0.29) is 0 Å². The van der Waals surface area contributed by atoms with Crippen molar-refractivity contribution in [2.45, 2.75) is 71.9 Å². The summed E-state index contributed by atoms with van der Waals surface area (Å²) in [6, 6.07) is 4.46. The van der Waals surface area contributed by atoms with Gasteiger partial charge >= 0.3 is 0 Å². The lowest BCUT2D eigenvalue weighted by atomic mass is 9.78. The maximum absolute atomic E-state index is 10.3. The SMILES string of the molecule is Cc1cc(OC[C@H](O)CN[C@H]2CCC[C@H](C)[C@@H]2C)c(C(C)C)cc1Cl. The van der Waals surface area contributed by atoms with Gasteiger partial charge in [0.2, 0.25) is 0 Å².